The second-order valence-corrected chi connectivity index (χ2v) is 3.52. The van der Waals surface area contributed by atoms with Gasteiger partial charge in [-0.05, 0) is 29.3 Å². The summed E-state index contributed by atoms with van der Waals surface area (Å²) in [6.45, 7) is 1.54. The Bertz CT molecular complexity index is 356. The number of hydrogen-bond acceptors (Lipinski definition) is 1. The Balaban J connectivity index is 2.95. The number of alkyl halides is 3. The molecule has 0 aliphatic heterocycles. The zero-order valence-corrected chi connectivity index (χ0v) is 8.56. The van der Waals surface area contributed by atoms with Gasteiger partial charge < -0.3 is 0 Å². The van der Waals surface area contributed by atoms with Crippen LogP contribution < -0.4 is 0 Å². The van der Waals surface area contributed by atoms with E-state index in [2.05, 4.69) is 0 Å². The lowest BCUT2D eigenvalue weighted by atomic mass is 10.0. The van der Waals surface area contributed by atoms with Crippen LogP contribution in [-0.2, 0) is 11.0 Å². The van der Waals surface area contributed by atoms with E-state index in [0.29, 0.717) is 5.56 Å². The van der Waals surface area contributed by atoms with E-state index in [-0.39, 0.29) is 0 Å². The first kappa shape index (κ1) is 12.0. The predicted octanol–water partition coefficient (Wildman–Crippen LogP) is 3.57. The van der Waals surface area contributed by atoms with Crippen molar-refractivity contribution in [3.8, 4) is 0 Å². The molecule has 1 aromatic rings. The number of rotatable bonds is 2. The van der Waals surface area contributed by atoms with Crippen molar-refractivity contribution in [3.05, 3.63) is 35.4 Å². The molecule has 1 nitrogen and oxygen atoms in total. The van der Waals surface area contributed by atoms with E-state index in [1.54, 1.807) is 0 Å². The van der Waals surface area contributed by atoms with E-state index in [4.69, 9.17) is 11.6 Å². The molecule has 0 N–H and O–H groups in total. The Kier molecular flexibility index (Phi) is 3.39. The SMILES string of the molecule is CC(C(=O)Cl)c1ccc(C(F)(F)F)cc1. The molecule has 0 spiro atoms. The number of carbonyl (C=O) groups excluding carboxylic acids is 1. The average molecular weight is 237 g/mol. The highest BCUT2D eigenvalue weighted by atomic mass is 35.5. The smallest absolute Gasteiger partial charge is 0.281 e. The Morgan fingerprint density at radius 1 is 1.27 bits per heavy atom. The van der Waals surface area contributed by atoms with Crippen LogP contribution in [0.1, 0.15) is 24.0 Å². The summed E-state index contributed by atoms with van der Waals surface area (Å²) in [7, 11) is 0. The van der Waals surface area contributed by atoms with Gasteiger partial charge in [0.2, 0.25) is 5.24 Å². The van der Waals surface area contributed by atoms with Crippen LogP contribution in [0.25, 0.3) is 0 Å². The summed E-state index contributed by atoms with van der Waals surface area (Å²) in [6, 6.07) is 4.39. The monoisotopic (exact) mass is 236 g/mol. The maximum atomic E-state index is 12.2. The lowest BCUT2D eigenvalue weighted by Gasteiger charge is -2.09. The Morgan fingerprint density at radius 2 is 1.73 bits per heavy atom. The minimum absolute atomic E-state index is 0.475. The van der Waals surface area contributed by atoms with Crippen molar-refractivity contribution in [2.24, 2.45) is 0 Å². The topological polar surface area (TPSA) is 17.1 Å². The molecule has 0 fully saturated rings. The predicted molar refractivity (Wildman–Crippen MR) is 50.7 cm³/mol. The summed E-state index contributed by atoms with van der Waals surface area (Å²) in [5, 5.41) is -0.588. The van der Waals surface area contributed by atoms with Gasteiger partial charge in [-0.3, -0.25) is 4.79 Å². The van der Waals surface area contributed by atoms with Gasteiger partial charge in [-0.2, -0.15) is 13.2 Å². The minimum Gasteiger partial charge on any atom is -0.281 e. The van der Waals surface area contributed by atoms with E-state index in [1.165, 1.54) is 19.1 Å². The highest BCUT2D eigenvalue weighted by Crippen LogP contribution is 2.30. The van der Waals surface area contributed by atoms with Gasteiger partial charge in [-0.15, -0.1) is 0 Å². The average Bonchev–Trinajstić information content (AvgIpc) is 2.15. The van der Waals surface area contributed by atoms with Gasteiger partial charge in [-0.25, -0.2) is 0 Å². The fourth-order valence-corrected chi connectivity index (χ4v) is 1.22. The molecule has 1 rings (SSSR count). The van der Waals surface area contributed by atoms with Crippen LogP contribution in [0, 0.1) is 0 Å². The molecule has 0 saturated heterocycles. The fraction of sp³-hybridized carbons (Fsp3) is 0.300. The first-order valence-corrected chi connectivity index (χ1v) is 4.56. The molecule has 0 radical (unpaired) electrons. The summed E-state index contributed by atoms with van der Waals surface area (Å²) in [5.74, 6) is -0.589. The molecule has 0 heterocycles. The Hall–Kier alpha value is -1.03. The number of hydrogen-bond donors (Lipinski definition) is 0. The van der Waals surface area contributed by atoms with Gasteiger partial charge in [0.05, 0.1) is 11.5 Å². The van der Waals surface area contributed by atoms with Crippen molar-refractivity contribution in [1.82, 2.24) is 0 Å². The fourth-order valence-electron chi connectivity index (χ4n) is 1.09. The molecule has 5 heteroatoms. The van der Waals surface area contributed by atoms with Gasteiger partial charge in [0.15, 0.2) is 0 Å². The molecule has 0 saturated carbocycles. The van der Waals surface area contributed by atoms with Crippen molar-refractivity contribution >= 4 is 16.8 Å². The molecule has 0 aromatic heterocycles. The van der Waals surface area contributed by atoms with E-state index >= 15 is 0 Å². The molecular weight excluding hydrogens is 229 g/mol. The lowest BCUT2D eigenvalue weighted by Crippen LogP contribution is -2.06. The second kappa shape index (κ2) is 4.23. The molecule has 0 bridgehead atoms. The summed E-state index contributed by atoms with van der Waals surface area (Å²) in [4.78, 5) is 10.8. The zero-order valence-electron chi connectivity index (χ0n) is 7.81. The van der Waals surface area contributed by atoms with Gasteiger partial charge in [0, 0.05) is 0 Å². The molecule has 1 atom stereocenters. The Labute approximate surface area is 89.9 Å². The molecule has 15 heavy (non-hydrogen) atoms. The third kappa shape index (κ3) is 2.96. The van der Waals surface area contributed by atoms with Gasteiger partial charge in [0.1, 0.15) is 0 Å². The van der Waals surface area contributed by atoms with Crippen LogP contribution >= 0.6 is 11.6 Å². The summed E-state index contributed by atoms with van der Waals surface area (Å²) in [6.07, 6.45) is -4.35. The highest BCUT2D eigenvalue weighted by Gasteiger charge is 2.30. The van der Waals surface area contributed by atoms with E-state index < -0.39 is 22.9 Å². The number of halogens is 4. The quantitative estimate of drug-likeness (QED) is 0.718. The van der Waals surface area contributed by atoms with Crippen LogP contribution in [0.15, 0.2) is 24.3 Å². The van der Waals surface area contributed by atoms with E-state index in [0.717, 1.165) is 12.1 Å². The van der Waals surface area contributed by atoms with Crippen molar-refractivity contribution in [2.75, 3.05) is 0 Å². The first-order chi connectivity index (χ1) is 6.82. The van der Waals surface area contributed by atoms with Crippen LogP contribution in [0.4, 0.5) is 13.2 Å². The standard InChI is InChI=1S/C10H8ClF3O/c1-6(9(11)15)7-2-4-8(5-3-7)10(12,13)14/h2-6H,1H3. The number of benzene rings is 1. The van der Waals surface area contributed by atoms with Crippen LogP contribution in [0.5, 0.6) is 0 Å². The van der Waals surface area contributed by atoms with Gasteiger partial charge in [-0.1, -0.05) is 19.1 Å². The van der Waals surface area contributed by atoms with E-state index in [9.17, 15) is 18.0 Å². The van der Waals surface area contributed by atoms with Crippen LogP contribution in [0.3, 0.4) is 0 Å². The van der Waals surface area contributed by atoms with Crippen molar-refractivity contribution in [1.29, 1.82) is 0 Å². The van der Waals surface area contributed by atoms with Crippen molar-refractivity contribution in [3.63, 3.8) is 0 Å². The van der Waals surface area contributed by atoms with Gasteiger partial charge >= 0.3 is 6.18 Å². The number of carbonyl (C=O) groups is 1. The lowest BCUT2D eigenvalue weighted by molar-refractivity contribution is -0.137. The first-order valence-electron chi connectivity index (χ1n) is 4.19. The molecule has 0 amide bonds. The summed E-state index contributed by atoms with van der Waals surface area (Å²) >= 11 is 5.23. The second-order valence-electron chi connectivity index (χ2n) is 3.15. The third-order valence-electron chi connectivity index (χ3n) is 2.08. The third-order valence-corrected chi connectivity index (χ3v) is 2.41. The van der Waals surface area contributed by atoms with Crippen LogP contribution in [-0.4, -0.2) is 5.24 Å². The Morgan fingerprint density at radius 3 is 2.07 bits per heavy atom. The molecule has 82 valence electrons. The minimum atomic E-state index is -4.35. The molecule has 1 unspecified atom stereocenters. The molecule has 1 aromatic carbocycles. The molecular formula is C10H8ClF3O. The summed E-state index contributed by atoms with van der Waals surface area (Å²) < 4.78 is 36.6. The summed E-state index contributed by atoms with van der Waals surface area (Å²) in [5.41, 5.74) is -0.261. The largest absolute Gasteiger partial charge is 0.416 e. The normalized spacial score (nSPS) is 13.7. The van der Waals surface area contributed by atoms with E-state index in [1.807, 2.05) is 0 Å². The highest BCUT2D eigenvalue weighted by molar-refractivity contribution is 6.64. The van der Waals surface area contributed by atoms with Crippen molar-refractivity contribution in [2.45, 2.75) is 19.0 Å². The molecule has 0 aliphatic rings. The zero-order chi connectivity index (χ0) is 11.6. The maximum absolute atomic E-state index is 12.2. The maximum Gasteiger partial charge on any atom is 0.416 e. The van der Waals surface area contributed by atoms with Crippen LogP contribution in [0.2, 0.25) is 0 Å². The molecule has 0 aliphatic carbocycles. The van der Waals surface area contributed by atoms with Crippen molar-refractivity contribution < 1.29 is 18.0 Å². The van der Waals surface area contributed by atoms with Gasteiger partial charge in [0.25, 0.3) is 0 Å².